The topological polar surface area (TPSA) is 83.3 Å². The molecule has 0 aliphatic rings. The molecular weight excluding hydrogens is 208 g/mol. The summed E-state index contributed by atoms with van der Waals surface area (Å²) in [5, 5.41) is 13.6. The van der Waals surface area contributed by atoms with Crippen LogP contribution in [-0.2, 0) is 6.61 Å². The molecule has 0 fully saturated rings. The SMILES string of the molecule is O=c1[nH]c2cc(CO)nn2c2ncccc12. The molecule has 6 nitrogen and oxygen atoms in total. The molecular formula is C10H8N4O2. The number of aliphatic hydroxyl groups excluding tert-OH is 1. The minimum atomic E-state index is -0.208. The average molecular weight is 216 g/mol. The fourth-order valence-corrected chi connectivity index (χ4v) is 1.68. The molecule has 0 aromatic carbocycles. The van der Waals surface area contributed by atoms with Crippen LogP contribution in [0.4, 0.5) is 0 Å². The number of rotatable bonds is 1. The Balaban J connectivity index is 2.57. The van der Waals surface area contributed by atoms with E-state index in [1.54, 1.807) is 24.4 Å². The first-order valence-electron chi connectivity index (χ1n) is 4.76. The summed E-state index contributed by atoms with van der Waals surface area (Å²) in [5.41, 5.74) is 1.30. The maximum atomic E-state index is 11.7. The molecule has 6 heteroatoms. The van der Waals surface area contributed by atoms with E-state index in [-0.39, 0.29) is 12.2 Å². The Kier molecular flexibility index (Phi) is 1.78. The van der Waals surface area contributed by atoms with E-state index < -0.39 is 0 Å². The van der Waals surface area contributed by atoms with E-state index in [1.807, 2.05) is 0 Å². The van der Waals surface area contributed by atoms with E-state index in [0.717, 1.165) is 0 Å². The van der Waals surface area contributed by atoms with Gasteiger partial charge in [-0.1, -0.05) is 0 Å². The van der Waals surface area contributed by atoms with Gasteiger partial charge >= 0.3 is 0 Å². The second-order valence-electron chi connectivity index (χ2n) is 3.42. The van der Waals surface area contributed by atoms with Crippen molar-refractivity contribution in [3.63, 3.8) is 0 Å². The van der Waals surface area contributed by atoms with Crippen LogP contribution in [0, 0.1) is 0 Å². The molecule has 0 amide bonds. The molecule has 0 atom stereocenters. The van der Waals surface area contributed by atoms with Crippen LogP contribution >= 0.6 is 0 Å². The monoisotopic (exact) mass is 216 g/mol. The minimum Gasteiger partial charge on any atom is -0.390 e. The Bertz CT molecular complexity index is 728. The number of fused-ring (bicyclic) bond motifs is 3. The summed E-state index contributed by atoms with van der Waals surface area (Å²) >= 11 is 0. The third-order valence-electron chi connectivity index (χ3n) is 2.40. The van der Waals surface area contributed by atoms with Crippen LogP contribution in [0.2, 0.25) is 0 Å². The summed E-state index contributed by atoms with van der Waals surface area (Å²) < 4.78 is 1.52. The number of nitrogens with zero attached hydrogens (tertiary/aromatic N) is 3. The Morgan fingerprint density at radius 1 is 1.50 bits per heavy atom. The highest BCUT2D eigenvalue weighted by atomic mass is 16.3. The fourth-order valence-electron chi connectivity index (χ4n) is 1.68. The second-order valence-corrected chi connectivity index (χ2v) is 3.42. The van der Waals surface area contributed by atoms with Gasteiger partial charge in [0.2, 0.25) is 0 Å². The maximum Gasteiger partial charge on any atom is 0.260 e. The van der Waals surface area contributed by atoms with Crippen molar-refractivity contribution in [2.45, 2.75) is 6.61 Å². The average Bonchev–Trinajstić information content (AvgIpc) is 2.72. The van der Waals surface area contributed by atoms with Crippen molar-refractivity contribution < 1.29 is 5.11 Å². The molecule has 3 aromatic rings. The first-order valence-corrected chi connectivity index (χ1v) is 4.76. The second kappa shape index (κ2) is 3.14. The molecule has 0 spiro atoms. The number of hydrogen-bond donors (Lipinski definition) is 2. The highest BCUT2D eigenvalue weighted by molar-refractivity contribution is 5.75. The van der Waals surface area contributed by atoms with E-state index in [4.69, 9.17) is 5.11 Å². The molecule has 3 heterocycles. The van der Waals surface area contributed by atoms with Crippen LogP contribution in [0.25, 0.3) is 16.7 Å². The standard InChI is InChI=1S/C10H8N4O2/c15-5-6-4-8-12-10(16)7-2-1-3-11-9(7)14(8)13-6/h1-4,15H,5H2,(H,12,16). The summed E-state index contributed by atoms with van der Waals surface area (Å²) in [7, 11) is 0. The van der Waals surface area contributed by atoms with Gasteiger partial charge in [0, 0.05) is 12.3 Å². The third-order valence-corrected chi connectivity index (χ3v) is 2.40. The van der Waals surface area contributed by atoms with Gasteiger partial charge in [-0.15, -0.1) is 0 Å². The molecule has 2 N–H and O–H groups in total. The number of pyridine rings is 1. The number of nitrogens with one attached hydrogen (secondary N) is 1. The third kappa shape index (κ3) is 1.13. The predicted octanol–water partition coefficient (Wildman–Crippen LogP) is 0.0631. The Hall–Kier alpha value is -2.21. The number of aromatic amines is 1. The molecule has 3 rings (SSSR count). The molecule has 80 valence electrons. The Morgan fingerprint density at radius 2 is 2.38 bits per heavy atom. The van der Waals surface area contributed by atoms with Gasteiger partial charge in [0.15, 0.2) is 5.65 Å². The molecule has 0 unspecified atom stereocenters. The highest BCUT2D eigenvalue weighted by Gasteiger charge is 2.08. The first-order chi connectivity index (χ1) is 7.79. The van der Waals surface area contributed by atoms with Gasteiger partial charge in [-0.2, -0.15) is 9.61 Å². The fraction of sp³-hybridized carbons (Fsp3) is 0.100. The van der Waals surface area contributed by atoms with Crippen molar-refractivity contribution in [3.8, 4) is 0 Å². The molecule has 0 radical (unpaired) electrons. The lowest BCUT2D eigenvalue weighted by Crippen LogP contribution is -2.10. The van der Waals surface area contributed by atoms with E-state index in [2.05, 4.69) is 15.1 Å². The summed E-state index contributed by atoms with van der Waals surface area (Å²) in [4.78, 5) is 18.5. The van der Waals surface area contributed by atoms with Crippen LogP contribution < -0.4 is 5.56 Å². The van der Waals surface area contributed by atoms with Gasteiger partial charge in [-0.25, -0.2) is 4.98 Å². The van der Waals surface area contributed by atoms with Crippen LogP contribution in [0.3, 0.4) is 0 Å². The molecule has 0 aliphatic heterocycles. The maximum absolute atomic E-state index is 11.7. The zero-order valence-corrected chi connectivity index (χ0v) is 8.21. The lowest BCUT2D eigenvalue weighted by Gasteiger charge is -1.98. The molecule has 0 bridgehead atoms. The van der Waals surface area contributed by atoms with Crippen molar-refractivity contribution in [1.29, 1.82) is 0 Å². The number of aliphatic hydroxyl groups is 1. The van der Waals surface area contributed by atoms with Crippen LogP contribution in [0.1, 0.15) is 5.69 Å². The normalized spacial score (nSPS) is 11.3. The zero-order chi connectivity index (χ0) is 11.1. The van der Waals surface area contributed by atoms with Gasteiger partial charge in [0.25, 0.3) is 5.56 Å². The Morgan fingerprint density at radius 3 is 3.19 bits per heavy atom. The van der Waals surface area contributed by atoms with E-state index in [0.29, 0.717) is 22.4 Å². The highest BCUT2D eigenvalue weighted by Crippen LogP contribution is 2.09. The van der Waals surface area contributed by atoms with E-state index >= 15 is 0 Å². The molecule has 0 saturated heterocycles. The van der Waals surface area contributed by atoms with Crippen molar-refractivity contribution in [2.75, 3.05) is 0 Å². The molecule has 0 aliphatic carbocycles. The molecule has 3 aromatic heterocycles. The lowest BCUT2D eigenvalue weighted by molar-refractivity contribution is 0.276. The first kappa shape index (κ1) is 9.05. The quantitative estimate of drug-likeness (QED) is 0.602. The van der Waals surface area contributed by atoms with Crippen molar-refractivity contribution in [2.24, 2.45) is 0 Å². The summed E-state index contributed by atoms with van der Waals surface area (Å²) in [6.45, 7) is -0.169. The lowest BCUT2D eigenvalue weighted by atomic mass is 10.3. The van der Waals surface area contributed by atoms with Crippen molar-refractivity contribution in [1.82, 2.24) is 19.6 Å². The van der Waals surface area contributed by atoms with Gasteiger partial charge in [0.1, 0.15) is 5.65 Å². The predicted molar refractivity (Wildman–Crippen MR) is 57.0 cm³/mol. The minimum absolute atomic E-state index is 0.169. The summed E-state index contributed by atoms with van der Waals surface area (Å²) in [5.74, 6) is 0. The van der Waals surface area contributed by atoms with Gasteiger partial charge < -0.3 is 10.1 Å². The summed E-state index contributed by atoms with van der Waals surface area (Å²) in [6, 6.07) is 5.00. The number of H-pyrrole nitrogens is 1. The molecule has 16 heavy (non-hydrogen) atoms. The van der Waals surface area contributed by atoms with Crippen molar-refractivity contribution in [3.05, 3.63) is 40.4 Å². The largest absolute Gasteiger partial charge is 0.390 e. The van der Waals surface area contributed by atoms with Crippen LogP contribution in [-0.4, -0.2) is 24.7 Å². The Labute approximate surface area is 89.2 Å². The molecule has 0 saturated carbocycles. The van der Waals surface area contributed by atoms with Gasteiger partial charge in [-0.05, 0) is 12.1 Å². The van der Waals surface area contributed by atoms with Crippen LogP contribution in [0.5, 0.6) is 0 Å². The van der Waals surface area contributed by atoms with E-state index in [1.165, 1.54) is 4.52 Å². The number of hydrogen-bond acceptors (Lipinski definition) is 4. The van der Waals surface area contributed by atoms with Crippen molar-refractivity contribution >= 4 is 16.7 Å². The number of aromatic nitrogens is 4. The van der Waals surface area contributed by atoms with Gasteiger partial charge in [-0.3, -0.25) is 4.79 Å². The summed E-state index contributed by atoms with van der Waals surface area (Å²) in [6.07, 6.45) is 1.60. The van der Waals surface area contributed by atoms with E-state index in [9.17, 15) is 4.79 Å². The zero-order valence-electron chi connectivity index (χ0n) is 8.21. The van der Waals surface area contributed by atoms with Crippen LogP contribution in [0.15, 0.2) is 29.2 Å². The smallest absolute Gasteiger partial charge is 0.260 e. The van der Waals surface area contributed by atoms with Gasteiger partial charge in [0.05, 0.1) is 17.7 Å².